The molecule has 1 saturated heterocycles. The van der Waals surface area contributed by atoms with Gasteiger partial charge in [-0.05, 0) is 12.8 Å². The van der Waals surface area contributed by atoms with Crippen LogP contribution in [0.4, 0.5) is 0 Å². The third-order valence-electron chi connectivity index (χ3n) is 2.39. The Morgan fingerprint density at radius 2 is 1.53 bits per heavy atom. The minimum absolute atomic E-state index is 0.296. The molecule has 0 aromatic heterocycles. The predicted octanol–water partition coefficient (Wildman–Crippen LogP) is 1.11. The number of rotatable bonds is 6. The second kappa shape index (κ2) is 6.25. The quantitative estimate of drug-likeness (QED) is 0.681. The smallest absolute Gasteiger partial charge is 0.195 e. The minimum atomic E-state index is -3.33. The average Bonchev–Trinajstić information content (AvgIpc) is 2.70. The highest BCUT2D eigenvalue weighted by atomic mass is 35.5. The lowest BCUT2D eigenvalue weighted by atomic mass is 10.4. The van der Waals surface area contributed by atoms with Gasteiger partial charge >= 0.3 is 0 Å². The van der Waals surface area contributed by atoms with Gasteiger partial charge in [0.25, 0.3) is 10.2 Å². The molecular formula is C8H16Cl2N2O2S. The van der Waals surface area contributed by atoms with Crippen molar-refractivity contribution >= 4 is 33.4 Å². The number of hydrogen-bond donors (Lipinski definition) is 0. The molecule has 0 unspecified atom stereocenters. The van der Waals surface area contributed by atoms with Crippen LogP contribution in [0.3, 0.4) is 0 Å². The average molecular weight is 275 g/mol. The van der Waals surface area contributed by atoms with E-state index in [1.165, 1.54) is 8.61 Å². The molecule has 1 rings (SSSR count). The molecule has 0 atom stereocenters. The van der Waals surface area contributed by atoms with E-state index in [-0.39, 0.29) is 0 Å². The molecule has 0 aliphatic carbocycles. The zero-order chi connectivity index (χ0) is 11.3. The minimum Gasteiger partial charge on any atom is -0.195 e. The second-order valence-electron chi connectivity index (χ2n) is 3.39. The predicted molar refractivity (Wildman–Crippen MR) is 62.7 cm³/mol. The molecular weight excluding hydrogens is 259 g/mol. The summed E-state index contributed by atoms with van der Waals surface area (Å²) < 4.78 is 27.0. The first-order valence-corrected chi connectivity index (χ1v) is 7.46. The summed E-state index contributed by atoms with van der Waals surface area (Å²) in [7, 11) is -3.33. The van der Waals surface area contributed by atoms with Crippen molar-refractivity contribution in [2.24, 2.45) is 0 Å². The summed E-state index contributed by atoms with van der Waals surface area (Å²) in [5, 5.41) is 0. The van der Waals surface area contributed by atoms with E-state index in [4.69, 9.17) is 23.2 Å². The lowest BCUT2D eigenvalue weighted by Crippen LogP contribution is -2.44. The topological polar surface area (TPSA) is 40.6 Å². The van der Waals surface area contributed by atoms with Crippen molar-refractivity contribution < 1.29 is 8.42 Å². The fourth-order valence-corrected chi connectivity index (χ4v) is 3.91. The zero-order valence-electron chi connectivity index (χ0n) is 8.53. The monoisotopic (exact) mass is 274 g/mol. The van der Waals surface area contributed by atoms with Crippen molar-refractivity contribution in [1.82, 2.24) is 8.61 Å². The van der Waals surface area contributed by atoms with Crippen LogP contribution in [0.5, 0.6) is 0 Å². The van der Waals surface area contributed by atoms with Crippen LogP contribution in [0.1, 0.15) is 12.8 Å². The molecule has 4 nitrogen and oxygen atoms in total. The van der Waals surface area contributed by atoms with Crippen LogP contribution in [0.25, 0.3) is 0 Å². The van der Waals surface area contributed by atoms with Crippen LogP contribution in [-0.4, -0.2) is 55.0 Å². The molecule has 0 saturated carbocycles. The third-order valence-corrected chi connectivity index (χ3v) is 4.76. The molecule has 7 heteroatoms. The molecule has 0 aromatic rings. The Kier molecular flexibility index (Phi) is 5.63. The fourth-order valence-electron chi connectivity index (χ4n) is 1.61. The lowest BCUT2D eigenvalue weighted by molar-refractivity contribution is 0.381. The first-order chi connectivity index (χ1) is 7.12. The Morgan fingerprint density at radius 1 is 1.07 bits per heavy atom. The normalized spacial score (nSPS) is 18.9. The molecule has 0 aromatic carbocycles. The molecule has 15 heavy (non-hydrogen) atoms. The molecule has 1 aliphatic heterocycles. The molecule has 90 valence electrons. The number of hydrogen-bond acceptors (Lipinski definition) is 2. The van der Waals surface area contributed by atoms with Gasteiger partial charge in [0.1, 0.15) is 0 Å². The SMILES string of the molecule is O=S(=O)(N(CCCl)CCCl)N1CCCC1. The Labute approximate surface area is 101 Å². The Hall–Kier alpha value is 0.450. The van der Waals surface area contributed by atoms with E-state index in [9.17, 15) is 8.42 Å². The second-order valence-corrected chi connectivity index (χ2v) is 6.08. The largest absolute Gasteiger partial charge is 0.282 e. The van der Waals surface area contributed by atoms with Crippen molar-refractivity contribution in [3.63, 3.8) is 0 Å². The van der Waals surface area contributed by atoms with Crippen LogP contribution in [0, 0.1) is 0 Å². The maximum absolute atomic E-state index is 12.0. The van der Waals surface area contributed by atoms with Crippen LogP contribution < -0.4 is 0 Å². The highest BCUT2D eigenvalue weighted by Crippen LogP contribution is 2.16. The molecule has 1 fully saturated rings. The van der Waals surface area contributed by atoms with Gasteiger partial charge in [-0.25, -0.2) is 0 Å². The highest BCUT2D eigenvalue weighted by Gasteiger charge is 2.30. The van der Waals surface area contributed by atoms with Gasteiger partial charge in [0.15, 0.2) is 0 Å². The van der Waals surface area contributed by atoms with Crippen LogP contribution in [0.15, 0.2) is 0 Å². The van der Waals surface area contributed by atoms with Crippen molar-refractivity contribution in [1.29, 1.82) is 0 Å². The number of halogens is 2. The van der Waals surface area contributed by atoms with Gasteiger partial charge in [0.05, 0.1) is 0 Å². The van der Waals surface area contributed by atoms with E-state index in [1.54, 1.807) is 0 Å². The standard InChI is InChI=1S/C8H16Cl2N2O2S/c9-3-7-12(8-4-10)15(13,14)11-5-1-2-6-11/h1-8H2. The summed E-state index contributed by atoms with van der Waals surface area (Å²) in [4.78, 5) is 0. The van der Waals surface area contributed by atoms with E-state index in [2.05, 4.69) is 0 Å². The molecule has 0 bridgehead atoms. The number of nitrogens with zero attached hydrogens (tertiary/aromatic N) is 2. The summed E-state index contributed by atoms with van der Waals surface area (Å²) in [6.45, 7) is 1.88. The lowest BCUT2D eigenvalue weighted by Gasteiger charge is -2.25. The van der Waals surface area contributed by atoms with Gasteiger partial charge in [0.2, 0.25) is 0 Å². The summed E-state index contributed by atoms with van der Waals surface area (Å²) in [6.07, 6.45) is 1.88. The maximum Gasteiger partial charge on any atom is 0.282 e. The Morgan fingerprint density at radius 3 is 1.93 bits per heavy atom. The van der Waals surface area contributed by atoms with E-state index < -0.39 is 10.2 Å². The maximum atomic E-state index is 12.0. The third kappa shape index (κ3) is 3.46. The van der Waals surface area contributed by atoms with Crippen LogP contribution in [-0.2, 0) is 10.2 Å². The Bertz CT molecular complexity index is 272. The van der Waals surface area contributed by atoms with Gasteiger partial charge < -0.3 is 0 Å². The van der Waals surface area contributed by atoms with Crippen LogP contribution >= 0.6 is 23.2 Å². The van der Waals surface area contributed by atoms with Crippen molar-refractivity contribution in [2.45, 2.75) is 12.8 Å². The molecule has 1 aliphatic rings. The first-order valence-electron chi connectivity index (χ1n) is 5.00. The van der Waals surface area contributed by atoms with Crippen molar-refractivity contribution in [3.05, 3.63) is 0 Å². The molecule has 0 radical (unpaired) electrons. The molecule has 0 amide bonds. The van der Waals surface area contributed by atoms with E-state index in [0.717, 1.165) is 12.8 Å². The van der Waals surface area contributed by atoms with Gasteiger partial charge in [-0.2, -0.15) is 17.0 Å². The fraction of sp³-hybridized carbons (Fsp3) is 1.00. The summed E-state index contributed by atoms with van der Waals surface area (Å²) >= 11 is 11.2. The van der Waals surface area contributed by atoms with Gasteiger partial charge in [-0.15, -0.1) is 23.2 Å². The summed E-state index contributed by atoms with van der Waals surface area (Å²) in [5.41, 5.74) is 0. The van der Waals surface area contributed by atoms with E-state index >= 15 is 0 Å². The van der Waals surface area contributed by atoms with Crippen molar-refractivity contribution in [3.8, 4) is 0 Å². The Balaban J connectivity index is 2.70. The van der Waals surface area contributed by atoms with E-state index in [1.807, 2.05) is 0 Å². The summed E-state index contributed by atoms with van der Waals surface area (Å²) in [5.74, 6) is 0.591. The molecule has 1 heterocycles. The van der Waals surface area contributed by atoms with Crippen LogP contribution in [0.2, 0.25) is 0 Å². The zero-order valence-corrected chi connectivity index (χ0v) is 10.9. The van der Waals surface area contributed by atoms with Crippen molar-refractivity contribution in [2.75, 3.05) is 37.9 Å². The number of alkyl halides is 2. The van der Waals surface area contributed by atoms with E-state index in [0.29, 0.717) is 37.9 Å². The van der Waals surface area contributed by atoms with Gasteiger partial charge in [-0.1, -0.05) is 0 Å². The summed E-state index contributed by atoms with van der Waals surface area (Å²) in [6, 6.07) is 0. The van der Waals surface area contributed by atoms with Gasteiger partial charge in [-0.3, -0.25) is 0 Å². The highest BCUT2D eigenvalue weighted by molar-refractivity contribution is 7.86. The van der Waals surface area contributed by atoms with Gasteiger partial charge in [0, 0.05) is 37.9 Å². The first kappa shape index (κ1) is 13.5. The molecule has 0 spiro atoms. The molecule has 0 N–H and O–H groups in total.